The van der Waals surface area contributed by atoms with Gasteiger partial charge in [0.2, 0.25) is 0 Å². The van der Waals surface area contributed by atoms with Crippen molar-refractivity contribution >= 4 is 0 Å². The lowest BCUT2D eigenvalue weighted by Crippen LogP contribution is -2.18. The summed E-state index contributed by atoms with van der Waals surface area (Å²) in [5.41, 5.74) is 2.44. The molecule has 0 aliphatic heterocycles. The van der Waals surface area contributed by atoms with Crippen LogP contribution in [0.4, 0.5) is 0 Å². The average Bonchev–Trinajstić information content (AvgIpc) is 3.90. The molecule has 0 heterocycles. The fourth-order valence-corrected chi connectivity index (χ4v) is 3.69. The van der Waals surface area contributed by atoms with Gasteiger partial charge in [-0.05, 0) is 92.8 Å². The molecule has 4 rings (SSSR count). The maximum Gasteiger partial charge on any atom is 0.119 e. The molecule has 5 nitrogen and oxygen atoms in total. The molecule has 0 radical (unpaired) electrons. The van der Waals surface area contributed by atoms with Crippen LogP contribution < -0.4 is 14.8 Å². The van der Waals surface area contributed by atoms with Gasteiger partial charge in [-0.3, -0.25) is 0 Å². The Morgan fingerprint density at radius 2 is 1.21 bits per heavy atom. The van der Waals surface area contributed by atoms with Crippen molar-refractivity contribution in [2.45, 2.75) is 85.1 Å². The largest absolute Gasteiger partial charge is 0.493 e. The first-order valence-electron chi connectivity index (χ1n) is 14.9. The number of rotatable bonds is 15. The molecule has 0 spiro atoms. The molecule has 0 aromatic heterocycles. The smallest absolute Gasteiger partial charge is 0.119 e. The Labute approximate surface area is 234 Å². The topological polar surface area (TPSA) is 60.0 Å². The summed E-state index contributed by atoms with van der Waals surface area (Å²) in [6.07, 6.45) is 10.2. The molecule has 2 aliphatic rings. The SMILES string of the molecule is CC.CCCCOCCCC.CNC(c1cccc(OCC2CC2)c1)c1cccc(OCC2CC2)c1.CO.[HH]. The van der Waals surface area contributed by atoms with Gasteiger partial charge in [0.05, 0.1) is 19.3 Å². The number of hydrogen-bond acceptors (Lipinski definition) is 5. The first kappa shape index (κ1) is 33.9. The minimum Gasteiger partial charge on any atom is -0.493 e. The lowest BCUT2D eigenvalue weighted by atomic mass is 9.98. The number of hydrogen-bond donors (Lipinski definition) is 2. The van der Waals surface area contributed by atoms with Crippen LogP contribution in [-0.4, -0.2) is 45.7 Å². The van der Waals surface area contributed by atoms with E-state index in [0.29, 0.717) is 0 Å². The number of ether oxygens (including phenoxy) is 3. The molecule has 2 saturated carbocycles. The van der Waals surface area contributed by atoms with Crippen LogP contribution in [0.3, 0.4) is 0 Å². The molecular formula is C33H57NO4. The normalized spacial score (nSPS) is 13.8. The fourth-order valence-electron chi connectivity index (χ4n) is 3.69. The van der Waals surface area contributed by atoms with Gasteiger partial charge < -0.3 is 24.6 Å². The van der Waals surface area contributed by atoms with E-state index in [-0.39, 0.29) is 7.47 Å². The van der Waals surface area contributed by atoms with Crippen molar-refractivity contribution in [3.8, 4) is 11.5 Å². The van der Waals surface area contributed by atoms with E-state index in [4.69, 9.17) is 19.3 Å². The third-order valence-electron chi connectivity index (χ3n) is 6.32. The minimum atomic E-state index is 0. The molecule has 5 heteroatoms. The van der Waals surface area contributed by atoms with Gasteiger partial charge in [0.15, 0.2) is 0 Å². The van der Waals surface area contributed by atoms with Crippen molar-refractivity contribution in [1.29, 1.82) is 0 Å². The number of benzene rings is 2. The van der Waals surface area contributed by atoms with Crippen molar-refractivity contribution in [1.82, 2.24) is 5.32 Å². The third kappa shape index (κ3) is 14.8. The predicted octanol–water partition coefficient (Wildman–Crippen LogP) is 8.06. The van der Waals surface area contributed by atoms with Gasteiger partial charge in [0.1, 0.15) is 11.5 Å². The monoisotopic (exact) mass is 531 g/mol. The second-order valence-corrected chi connectivity index (χ2v) is 9.69. The average molecular weight is 532 g/mol. The molecule has 2 fully saturated rings. The highest BCUT2D eigenvalue weighted by Gasteiger charge is 2.23. The summed E-state index contributed by atoms with van der Waals surface area (Å²) in [4.78, 5) is 0. The van der Waals surface area contributed by atoms with Crippen LogP contribution in [0.15, 0.2) is 48.5 Å². The Hall–Kier alpha value is -2.08. The van der Waals surface area contributed by atoms with E-state index < -0.39 is 0 Å². The summed E-state index contributed by atoms with van der Waals surface area (Å²) in [6, 6.07) is 17.0. The second-order valence-electron chi connectivity index (χ2n) is 9.69. The Morgan fingerprint density at radius 1 is 0.789 bits per heavy atom. The molecule has 0 saturated heterocycles. The lowest BCUT2D eigenvalue weighted by molar-refractivity contribution is 0.128. The van der Waals surface area contributed by atoms with Gasteiger partial charge in [-0.2, -0.15) is 0 Å². The zero-order chi connectivity index (χ0) is 28.0. The highest BCUT2D eigenvalue weighted by molar-refractivity contribution is 5.39. The molecule has 0 bridgehead atoms. The molecule has 0 unspecified atom stereocenters. The summed E-state index contributed by atoms with van der Waals surface area (Å²) < 4.78 is 17.2. The molecule has 0 atom stereocenters. The Kier molecular flexibility index (Phi) is 19.5. The highest BCUT2D eigenvalue weighted by atomic mass is 16.5. The third-order valence-corrected chi connectivity index (χ3v) is 6.32. The molecule has 218 valence electrons. The summed E-state index contributed by atoms with van der Waals surface area (Å²) in [5, 5.41) is 10.4. The molecule has 2 aromatic rings. The van der Waals surface area contributed by atoms with Crippen LogP contribution in [0.5, 0.6) is 11.5 Å². The van der Waals surface area contributed by atoms with Crippen molar-refractivity contribution in [2.75, 3.05) is 40.6 Å². The number of aliphatic hydroxyl groups is 1. The van der Waals surface area contributed by atoms with Crippen molar-refractivity contribution in [3.05, 3.63) is 59.7 Å². The van der Waals surface area contributed by atoms with Gasteiger partial charge >= 0.3 is 0 Å². The predicted molar refractivity (Wildman–Crippen MR) is 162 cm³/mol. The Balaban J connectivity index is 0.000000882. The quantitative estimate of drug-likeness (QED) is 0.228. The van der Waals surface area contributed by atoms with Crippen molar-refractivity contribution in [2.24, 2.45) is 11.8 Å². The first-order valence-corrected chi connectivity index (χ1v) is 14.9. The standard InChI is InChI=1S/C22H27NO2.C8H18O.C2H6.CH4O.H2/c1-23-22(18-4-2-6-20(12-18)24-14-16-8-9-16)19-5-3-7-21(13-19)25-15-17-10-11-17;1-3-5-7-9-8-6-4-2;2*1-2;/h2-7,12-13,16-17,22-23H,8-11,14-15H2,1H3;3-8H2,1-2H3;1-2H3;2H,1H3;1H. The van der Waals surface area contributed by atoms with Gasteiger partial charge in [0, 0.05) is 21.8 Å². The molecule has 2 N–H and O–H groups in total. The van der Waals surface area contributed by atoms with Crippen LogP contribution in [0, 0.1) is 11.8 Å². The zero-order valence-corrected chi connectivity index (χ0v) is 25.0. The van der Waals surface area contributed by atoms with Crippen LogP contribution >= 0.6 is 0 Å². The zero-order valence-electron chi connectivity index (χ0n) is 25.0. The number of unbranched alkanes of at least 4 members (excludes halogenated alkanes) is 2. The first-order chi connectivity index (χ1) is 18.7. The maximum absolute atomic E-state index is 7.00. The Bertz CT molecular complexity index is 761. The summed E-state index contributed by atoms with van der Waals surface area (Å²) in [5.74, 6) is 3.46. The molecule has 0 amide bonds. The van der Waals surface area contributed by atoms with E-state index in [2.05, 4.69) is 55.6 Å². The summed E-state index contributed by atoms with van der Waals surface area (Å²) >= 11 is 0. The Morgan fingerprint density at radius 3 is 1.55 bits per heavy atom. The van der Waals surface area contributed by atoms with Gasteiger partial charge in [-0.1, -0.05) is 64.8 Å². The van der Waals surface area contributed by atoms with Crippen molar-refractivity contribution < 1.29 is 20.7 Å². The summed E-state index contributed by atoms with van der Waals surface area (Å²) in [7, 11) is 3.00. The van der Waals surface area contributed by atoms with E-state index >= 15 is 0 Å². The van der Waals surface area contributed by atoms with Crippen LogP contribution in [0.2, 0.25) is 0 Å². The van der Waals surface area contributed by atoms with E-state index in [9.17, 15) is 0 Å². The number of nitrogens with one attached hydrogen (secondary N) is 1. The molecular weight excluding hydrogens is 474 g/mol. The minimum absolute atomic E-state index is 0. The van der Waals surface area contributed by atoms with Gasteiger partial charge in [-0.15, -0.1) is 0 Å². The lowest BCUT2D eigenvalue weighted by Gasteiger charge is -2.19. The maximum atomic E-state index is 7.00. The summed E-state index contributed by atoms with van der Waals surface area (Å²) in [6.45, 7) is 12.0. The second kappa shape index (κ2) is 21.8. The van der Waals surface area contributed by atoms with Crippen LogP contribution in [-0.2, 0) is 4.74 Å². The van der Waals surface area contributed by atoms with E-state index in [1.165, 1.54) is 62.5 Å². The van der Waals surface area contributed by atoms with Crippen LogP contribution in [0.1, 0.15) is 97.7 Å². The van der Waals surface area contributed by atoms with E-state index in [1.807, 2.05) is 33.0 Å². The van der Waals surface area contributed by atoms with Crippen LogP contribution in [0.25, 0.3) is 0 Å². The molecule has 38 heavy (non-hydrogen) atoms. The van der Waals surface area contributed by atoms with Crippen molar-refractivity contribution in [3.63, 3.8) is 0 Å². The van der Waals surface area contributed by atoms with E-state index in [1.54, 1.807) is 0 Å². The number of aliphatic hydroxyl groups excluding tert-OH is 1. The highest BCUT2D eigenvalue weighted by Crippen LogP contribution is 2.32. The molecule has 2 aliphatic carbocycles. The fraction of sp³-hybridized carbons (Fsp3) is 0.636. The van der Waals surface area contributed by atoms with E-state index in [0.717, 1.165) is 56.9 Å². The van der Waals surface area contributed by atoms with Gasteiger partial charge in [0.25, 0.3) is 0 Å². The van der Waals surface area contributed by atoms with Gasteiger partial charge in [-0.25, -0.2) is 0 Å². The molecule has 2 aromatic carbocycles.